The van der Waals surface area contributed by atoms with Crippen LogP contribution < -0.4 is 4.74 Å². The number of amides is 1. The summed E-state index contributed by atoms with van der Waals surface area (Å²) in [4.78, 5) is 29.8. The number of nitrogens with zero attached hydrogens (tertiary/aromatic N) is 2. The molecule has 0 spiro atoms. The summed E-state index contributed by atoms with van der Waals surface area (Å²) in [6.07, 6.45) is 1.62. The van der Waals surface area contributed by atoms with Crippen LogP contribution in [0, 0.1) is 6.92 Å². The fourth-order valence-corrected chi connectivity index (χ4v) is 4.12. The lowest BCUT2D eigenvalue weighted by Crippen LogP contribution is -2.32. The smallest absolute Gasteiger partial charge is 0.295 e. The van der Waals surface area contributed by atoms with Gasteiger partial charge in [0.1, 0.15) is 11.5 Å². The Morgan fingerprint density at radius 3 is 2.38 bits per heavy atom. The van der Waals surface area contributed by atoms with Crippen molar-refractivity contribution in [3.05, 3.63) is 70.3 Å². The van der Waals surface area contributed by atoms with E-state index in [0.29, 0.717) is 17.9 Å². The van der Waals surface area contributed by atoms with Crippen molar-refractivity contribution in [3.8, 4) is 5.75 Å². The van der Waals surface area contributed by atoms with Gasteiger partial charge in [-0.05, 0) is 75.3 Å². The van der Waals surface area contributed by atoms with Gasteiger partial charge >= 0.3 is 0 Å². The van der Waals surface area contributed by atoms with E-state index in [1.807, 2.05) is 50.2 Å². The van der Waals surface area contributed by atoms with Crippen LogP contribution in [0.15, 0.2) is 48.0 Å². The zero-order valence-electron chi connectivity index (χ0n) is 19.5. The molecule has 170 valence electrons. The van der Waals surface area contributed by atoms with Crippen LogP contribution in [0.2, 0.25) is 0 Å². The average molecular weight is 437 g/mol. The second-order valence-electron chi connectivity index (χ2n) is 8.43. The minimum Gasteiger partial charge on any atom is -0.507 e. The fourth-order valence-electron chi connectivity index (χ4n) is 4.12. The van der Waals surface area contributed by atoms with Gasteiger partial charge in [0.25, 0.3) is 11.7 Å². The van der Waals surface area contributed by atoms with E-state index in [0.717, 1.165) is 30.5 Å². The van der Waals surface area contributed by atoms with Gasteiger partial charge in [-0.2, -0.15) is 0 Å². The Bertz CT molecular complexity index is 1020. The predicted molar refractivity (Wildman–Crippen MR) is 126 cm³/mol. The molecule has 0 radical (unpaired) electrons. The molecule has 0 bridgehead atoms. The molecule has 1 heterocycles. The second kappa shape index (κ2) is 10.0. The molecule has 1 aliphatic rings. The molecule has 6 nitrogen and oxygen atoms in total. The minimum absolute atomic E-state index is 0.136. The number of methoxy groups -OCH3 is 1. The first kappa shape index (κ1) is 23.5. The van der Waals surface area contributed by atoms with Gasteiger partial charge in [-0.15, -0.1) is 0 Å². The zero-order chi connectivity index (χ0) is 23.4. The van der Waals surface area contributed by atoms with Crippen LogP contribution in [0.1, 0.15) is 41.6 Å². The van der Waals surface area contributed by atoms with Gasteiger partial charge in [0.2, 0.25) is 0 Å². The molecule has 0 aromatic heterocycles. The highest BCUT2D eigenvalue weighted by Crippen LogP contribution is 2.40. The predicted octanol–water partition coefficient (Wildman–Crippen LogP) is 3.94. The Morgan fingerprint density at radius 2 is 1.81 bits per heavy atom. The Labute approximate surface area is 190 Å². The highest BCUT2D eigenvalue weighted by atomic mass is 16.5. The Kier molecular flexibility index (Phi) is 7.36. The number of Topliss-reactive ketones (excluding diaryl/α,β-unsaturated/α-hetero) is 1. The lowest BCUT2D eigenvalue weighted by Gasteiger charge is -2.26. The molecule has 1 fully saturated rings. The third-order valence-corrected chi connectivity index (χ3v) is 5.94. The van der Waals surface area contributed by atoms with E-state index in [9.17, 15) is 14.7 Å². The number of carbonyl (C=O) groups is 2. The van der Waals surface area contributed by atoms with Crippen molar-refractivity contribution in [1.82, 2.24) is 9.80 Å². The summed E-state index contributed by atoms with van der Waals surface area (Å²) in [5.41, 5.74) is 3.41. The number of aliphatic hydroxyl groups excluding tert-OH is 1. The molecule has 1 saturated heterocycles. The standard InChI is InChI=1S/C26H32N2O4/c1-6-18-8-10-19(11-9-18)23-22(24(29)21-13-12-20(32-5)16-17(21)2)25(30)26(31)28(23)15-7-14-27(3)4/h8-13,16,23,29H,6-7,14-15H2,1-5H3/t23-/m1/s1. The Balaban J connectivity index is 2.11. The van der Waals surface area contributed by atoms with Crippen molar-refractivity contribution in [2.45, 2.75) is 32.7 Å². The topological polar surface area (TPSA) is 70.1 Å². The summed E-state index contributed by atoms with van der Waals surface area (Å²) in [6, 6.07) is 12.5. The van der Waals surface area contributed by atoms with Crippen LogP contribution in [-0.4, -0.2) is 60.9 Å². The van der Waals surface area contributed by atoms with E-state index in [4.69, 9.17) is 4.74 Å². The van der Waals surface area contributed by atoms with E-state index in [1.165, 1.54) is 5.56 Å². The Morgan fingerprint density at radius 1 is 1.12 bits per heavy atom. The monoisotopic (exact) mass is 436 g/mol. The molecule has 1 N–H and O–H groups in total. The fraction of sp³-hybridized carbons (Fsp3) is 0.385. The number of carbonyl (C=O) groups excluding carboxylic acids is 2. The number of likely N-dealkylation sites (tertiary alicyclic amines) is 1. The largest absolute Gasteiger partial charge is 0.507 e. The van der Waals surface area contributed by atoms with Crippen molar-refractivity contribution < 1.29 is 19.4 Å². The zero-order valence-corrected chi connectivity index (χ0v) is 19.5. The van der Waals surface area contributed by atoms with Crippen LogP contribution in [0.4, 0.5) is 0 Å². The summed E-state index contributed by atoms with van der Waals surface area (Å²) >= 11 is 0. The number of hydrogen-bond donors (Lipinski definition) is 1. The first-order valence-corrected chi connectivity index (χ1v) is 11.0. The molecule has 3 rings (SSSR count). The lowest BCUT2D eigenvalue weighted by molar-refractivity contribution is -0.139. The maximum absolute atomic E-state index is 13.1. The third kappa shape index (κ3) is 4.70. The minimum atomic E-state index is -0.646. The Hall–Kier alpha value is -3.12. The highest BCUT2D eigenvalue weighted by Gasteiger charge is 2.45. The van der Waals surface area contributed by atoms with Crippen LogP contribution in [0.5, 0.6) is 5.75 Å². The summed E-state index contributed by atoms with van der Waals surface area (Å²) in [7, 11) is 5.52. The average Bonchev–Trinajstić information content (AvgIpc) is 3.03. The maximum Gasteiger partial charge on any atom is 0.295 e. The quantitative estimate of drug-likeness (QED) is 0.386. The van der Waals surface area contributed by atoms with Crippen molar-refractivity contribution in [3.63, 3.8) is 0 Å². The SMILES string of the molecule is CCc1ccc([C@@H]2C(=C(O)c3ccc(OC)cc3C)C(=O)C(=O)N2CCCN(C)C)cc1. The van der Waals surface area contributed by atoms with Gasteiger partial charge in [-0.1, -0.05) is 31.2 Å². The highest BCUT2D eigenvalue weighted by molar-refractivity contribution is 6.46. The molecule has 0 aliphatic carbocycles. The van der Waals surface area contributed by atoms with Gasteiger partial charge in [-0.3, -0.25) is 9.59 Å². The number of ketones is 1. The van der Waals surface area contributed by atoms with Crippen LogP contribution in [0.3, 0.4) is 0 Å². The molecular formula is C26H32N2O4. The van der Waals surface area contributed by atoms with Crippen molar-refractivity contribution in [2.75, 3.05) is 34.3 Å². The molecule has 1 aliphatic heterocycles. The molecule has 2 aromatic rings. The number of benzene rings is 2. The molecule has 2 aromatic carbocycles. The second-order valence-corrected chi connectivity index (χ2v) is 8.43. The van der Waals surface area contributed by atoms with Gasteiger partial charge < -0.3 is 19.6 Å². The van der Waals surface area contributed by atoms with Crippen LogP contribution >= 0.6 is 0 Å². The van der Waals surface area contributed by atoms with E-state index < -0.39 is 17.7 Å². The molecule has 1 amide bonds. The van der Waals surface area contributed by atoms with E-state index in [2.05, 4.69) is 6.92 Å². The summed E-state index contributed by atoms with van der Waals surface area (Å²) < 4.78 is 5.26. The van der Waals surface area contributed by atoms with Crippen molar-refractivity contribution in [2.24, 2.45) is 0 Å². The summed E-state index contributed by atoms with van der Waals surface area (Å²) in [5, 5.41) is 11.2. The van der Waals surface area contributed by atoms with E-state index in [-0.39, 0.29) is 11.3 Å². The van der Waals surface area contributed by atoms with Crippen LogP contribution in [0.25, 0.3) is 5.76 Å². The number of rotatable bonds is 8. The molecule has 0 saturated carbocycles. The van der Waals surface area contributed by atoms with E-state index in [1.54, 1.807) is 30.2 Å². The normalized spacial score (nSPS) is 17.9. The summed E-state index contributed by atoms with van der Waals surface area (Å²) in [5.74, 6) is -0.703. The van der Waals surface area contributed by atoms with Crippen molar-refractivity contribution in [1.29, 1.82) is 0 Å². The number of hydrogen-bond acceptors (Lipinski definition) is 5. The molecule has 1 atom stereocenters. The maximum atomic E-state index is 13.1. The molecule has 0 unspecified atom stereocenters. The first-order valence-electron chi connectivity index (χ1n) is 11.0. The van der Waals surface area contributed by atoms with E-state index >= 15 is 0 Å². The van der Waals surface area contributed by atoms with Gasteiger partial charge in [0.15, 0.2) is 0 Å². The lowest BCUT2D eigenvalue weighted by atomic mass is 9.93. The number of aryl methyl sites for hydroxylation is 2. The van der Waals surface area contributed by atoms with Gasteiger partial charge in [0, 0.05) is 12.1 Å². The van der Waals surface area contributed by atoms with Gasteiger partial charge in [-0.25, -0.2) is 0 Å². The molecule has 6 heteroatoms. The van der Waals surface area contributed by atoms with Gasteiger partial charge in [0.05, 0.1) is 18.7 Å². The van der Waals surface area contributed by atoms with Crippen LogP contribution in [-0.2, 0) is 16.0 Å². The molecular weight excluding hydrogens is 404 g/mol. The molecule has 32 heavy (non-hydrogen) atoms. The number of aliphatic hydroxyl groups is 1. The van der Waals surface area contributed by atoms with Crippen molar-refractivity contribution >= 4 is 17.4 Å². The summed E-state index contributed by atoms with van der Waals surface area (Å²) in [6.45, 7) is 5.15. The first-order chi connectivity index (χ1) is 15.3. The third-order valence-electron chi connectivity index (χ3n) is 5.94. The number of ether oxygens (including phenoxy) is 1.